The standard InChI is InChI=1S/C18H30O16/c19-2-6-10(24)12(26)15(30-6)33-14-11(25)7(3-20)31-16(14)32-8(4-21)13-9(23)5(22)1-18(29,34-13)17(27)28/h5-16,19-26,29H,1-4H2,(H,27,28)/t5-,6-,7-,8-,9-,10-,11-,12-,13-,14-,15+,16+,18?/m1/s1. The van der Waals surface area contributed by atoms with Gasteiger partial charge < -0.3 is 74.7 Å². The second kappa shape index (κ2) is 10.9. The highest BCUT2D eigenvalue weighted by Gasteiger charge is 2.55. The summed E-state index contributed by atoms with van der Waals surface area (Å²) < 4.78 is 26.6. The fourth-order valence-electron chi connectivity index (χ4n) is 4.04. The summed E-state index contributed by atoms with van der Waals surface area (Å²) >= 11 is 0. The summed E-state index contributed by atoms with van der Waals surface area (Å²) in [5, 5.41) is 98.5. The maximum atomic E-state index is 11.4. The Labute approximate surface area is 192 Å². The number of rotatable bonds is 9. The number of aliphatic hydroxyl groups excluding tert-OH is 8. The third-order valence-corrected chi connectivity index (χ3v) is 6.00. The average molecular weight is 502 g/mol. The Hall–Kier alpha value is -1.09. The predicted molar refractivity (Wildman–Crippen MR) is 100 cm³/mol. The minimum absolute atomic E-state index is 0.653. The Morgan fingerprint density at radius 3 is 2.03 bits per heavy atom. The minimum atomic E-state index is -2.91. The van der Waals surface area contributed by atoms with E-state index in [4.69, 9.17) is 23.7 Å². The van der Waals surface area contributed by atoms with Crippen molar-refractivity contribution in [3.8, 4) is 0 Å². The van der Waals surface area contributed by atoms with E-state index < -0.39 is 112 Å². The molecule has 16 nitrogen and oxygen atoms in total. The quantitative estimate of drug-likeness (QED) is 0.140. The van der Waals surface area contributed by atoms with Gasteiger partial charge in [0.05, 0.1) is 25.9 Å². The smallest absolute Gasteiger partial charge is 0.364 e. The van der Waals surface area contributed by atoms with Crippen LogP contribution in [0.4, 0.5) is 0 Å². The first-order chi connectivity index (χ1) is 16.0. The molecule has 1 unspecified atom stereocenters. The summed E-state index contributed by atoms with van der Waals surface area (Å²) in [6.07, 6.45) is -19.9. The molecule has 0 aromatic heterocycles. The van der Waals surface area contributed by atoms with Crippen molar-refractivity contribution in [2.45, 2.75) is 85.8 Å². The van der Waals surface area contributed by atoms with Crippen molar-refractivity contribution < 1.29 is 79.5 Å². The minimum Gasteiger partial charge on any atom is -0.477 e. The van der Waals surface area contributed by atoms with E-state index in [2.05, 4.69) is 0 Å². The van der Waals surface area contributed by atoms with Crippen LogP contribution in [0.15, 0.2) is 0 Å². The lowest BCUT2D eigenvalue weighted by Crippen LogP contribution is -2.62. The van der Waals surface area contributed by atoms with Crippen LogP contribution in [0.5, 0.6) is 0 Å². The van der Waals surface area contributed by atoms with Gasteiger partial charge in [0.2, 0.25) is 0 Å². The molecule has 13 atom stereocenters. The van der Waals surface area contributed by atoms with E-state index in [1.165, 1.54) is 0 Å². The van der Waals surface area contributed by atoms with Crippen LogP contribution in [0.1, 0.15) is 6.42 Å². The van der Waals surface area contributed by atoms with Crippen molar-refractivity contribution in [3.63, 3.8) is 0 Å². The Morgan fingerprint density at radius 1 is 0.912 bits per heavy atom. The molecule has 3 fully saturated rings. The van der Waals surface area contributed by atoms with Crippen LogP contribution < -0.4 is 0 Å². The third-order valence-electron chi connectivity index (χ3n) is 6.00. The molecule has 3 heterocycles. The van der Waals surface area contributed by atoms with Gasteiger partial charge in [0.15, 0.2) is 12.6 Å². The fraction of sp³-hybridized carbons (Fsp3) is 0.944. The highest BCUT2D eigenvalue weighted by molar-refractivity contribution is 5.75. The van der Waals surface area contributed by atoms with Crippen LogP contribution >= 0.6 is 0 Å². The van der Waals surface area contributed by atoms with Crippen molar-refractivity contribution >= 4 is 5.97 Å². The van der Waals surface area contributed by atoms with Crippen LogP contribution in [0.3, 0.4) is 0 Å². The van der Waals surface area contributed by atoms with E-state index in [0.29, 0.717) is 0 Å². The van der Waals surface area contributed by atoms with Gasteiger partial charge in [-0.3, -0.25) is 0 Å². The van der Waals surface area contributed by atoms with Crippen LogP contribution in [-0.4, -0.2) is 156 Å². The van der Waals surface area contributed by atoms with E-state index in [1.54, 1.807) is 0 Å². The zero-order valence-electron chi connectivity index (χ0n) is 17.7. The first kappa shape index (κ1) is 27.5. The van der Waals surface area contributed by atoms with Crippen molar-refractivity contribution in [2.75, 3.05) is 19.8 Å². The van der Waals surface area contributed by atoms with E-state index in [0.717, 1.165) is 0 Å². The highest BCUT2D eigenvalue weighted by Crippen LogP contribution is 2.34. The average Bonchev–Trinajstić information content (AvgIpc) is 3.25. The van der Waals surface area contributed by atoms with Gasteiger partial charge in [0.1, 0.15) is 54.9 Å². The molecule has 0 aromatic carbocycles. The molecule has 16 heteroatoms. The van der Waals surface area contributed by atoms with Crippen molar-refractivity contribution in [1.29, 1.82) is 0 Å². The van der Waals surface area contributed by atoms with E-state index in [1.807, 2.05) is 0 Å². The number of hydrogen-bond donors (Lipinski definition) is 10. The molecule has 3 aliphatic heterocycles. The molecule has 0 aromatic rings. The Balaban J connectivity index is 1.78. The zero-order valence-corrected chi connectivity index (χ0v) is 17.7. The molecule has 0 aliphatic carbocycles. The van der Waals surface area contributed by atoms with Crippen molar-refractivity contribution in [1.82, 2.24) is 0 Å². The molecule has 10 N–H and O–H groups in total. The van der Waals surface area contributed by atoms with E-state index in [9.17, 15) is 55.9 Å². The molecule has 3 aliphatic rings. The Kier molecular flexibility index (Phi) is 8.81. The van der Waals surface area contributed by atoms with Gasteiger partial charge in [-0.1, -0.05) is 0 Å². The lowest BCUT2D eigenvalue weighted by molar-refractivity contribution is -0.328. The summed E-state index contributed by atoms with van der Waals surface area (Å²) in [5.41, 5.74) is 0. The van der Waals surface area contributed by atoms with Crippen molar-refractivity contribution in [3.05, 3.63) is 0 Å². The van der Waals surface area contributed by atoms with Gasteiger partial charge in [0.25, 0.3) is 5.79 Å². The summed E-state index contributed by atoms with van der Waals surface area (Å²) in [7, 11) is 0. The molecular formula is C18H30O16. The number of hydrogen-bond acceptors (Lipinski definition) is 15. The topological polar surface area (TPSA) is 266 Å². The highest BCUT2D eigenvalue weighted by atomic mass is 16.8. The normalized spacial score (nSPS) is 48.2. The molecule has 198 valence electrons. The summed E-state index contributed by atoms with van der Waals surface area (Å²) in [4.78, 5) is 11.4. The van der Waals surface area contributed by atoms with Gasteiger partial charge in [-0.25, -0.2) is 4.79 Å². The van der Waals surface area contributed by atoms with E-state index in [-0.39, 0.29) is 0 Å². The summed E-state index contributed by atoms with van der Waals surface area (Å²) in [6, 6.07) is 0. The van der Waals surface area contributed by atoms with Gasteiger partial charge >= 0.3 is 5.97 Å². The second-order valence-electron chi connectivity index (χ2n) is 8.31. The monoisotopic (exact) mass is 502 g/mol. The molecule has 0 spiro atoms. The van der Waals surface area contributed by atoms with Crippen LogP contribution in [0.25, 0.3) is 0 Å². The van der Waals surface area contributed by atoms with Crippen LogP contribution in [-0.2, 0) is 28.5 Å². The lowest BCUT2D eigenvalue weighted by atomic mass is 9.92. The van der Waals surface area contributed by atoms with Gasteiger partial charge in [-0.15, -0.1) is 0 Å². The Morgan fingerprint density at radius 2 is 1.50 bits per heavy atom. The third kappa shape index (κ3) is 5.20. The number of aliphatic hydroxyl groups is 9. The molecule has 3 rings (SSSR count). The second-order valence-corrected chi connectivity index (χ2v) is 8.31. The largest absolute Gasteiger partial charge is 0.477 e. The number of ether oxygens (including phenoxy) is 5. The number of carboxylic acid groups (broad SMARTS) is 1. The molecule has 0 saturated carbocycles. The lowest BCUT2D eigenvalue weighted by Gasteiger charge is -2.43. The molecular weight excluding hydrogens is 472 g/mol. The zero-order chi connectivity index (χ0) is 25.4. The predicted octanol–water partition coefficient (Wildman–Crippen LogP) is -6.45. The number of aliphatic carboxylic acids is 1. The summed E-state index contributed by atoms with van der Waals surface area (Å²) in [5.74, 6) is -4.77. The molecule has 0 bridgehead atoms. The van der Waals surface area contributed by atoms with Crippen LogP contribution in [0, 0.1) is 0 Å². The van der Waals surface area contributed by atoms with Crippen molar-refractivity contribution in [2.24, 2.45) is 0 Å². The fourth-order valence-corrected chi connectivity index (χ4v) is 4.04. The maximum absolute atomic E-state index is 11.4. The first-order valence-corrected chi connectivity index (χ1v) is 10.5. The van der Waals surface area contributed by atoms with Gasteiger partial charge in [-0.05, 0) is 0 Å². The van der Waals surface area contributed by atoms with E-state index >= 15 is 0 Å². The van der Waals surface area contributed by atoms with Gasteiger partial charge in [0, 0.05) is 6.42 Å². The van der Waals surface area contributed by atoms with Gasteiger partial charge in [-0.2, -0.15) is 0 Å². The summed E-state index contributed by atoms with van der Waals surface area (Å²) in [6.45, 7) is -2.33. The molecule has 3 saturated heterocycles. The Bertz CT molecular complexity index is 695. The maximum Gasteiger partial charge on any atom is 0.364 e. The number of carboxylic acids is 1. The van der Waals surface area contributed by atoms with Crippen LogP contribution in [0.2, 0.25) is 0 Å². The first-order valence-electron chi connectivity index (χ1n) is 10.5. The molecule has 34 heavy (non-hydrogen) atoms. The molecule has 0 amide bonds. The SMILES string of the molecule is O=C(O)C1(O)C[C@@H](O)[C@@H](O)[C@@H]([C@@H](CO)O[C@@H]2O[C@H](CO)[C@@H](O)[C@H]2O[C@@H]2O[C@H](CO)[C@@H](O)[C@H]2O)O1. The molecule has 0 radical (unpaired) electrons. The number of carbonyl (C=O) groups is 1.